The average molecular weight is 212 g/mol. The topological polar surface area (TPSA) is 15.3 Å². The maximum absolute atomic E-state index is 3.63. The van der Waals surface area contributed by atoms with E-state index in [2.05, 4.69) is 45.1 Å². The zero-order valence-corrected chi connectivity index (χ0v) is 11.1. The van der Waals surface area contributed by atoms with E-state index in [-0.39, 0.29) is 0 Å². The van der Waals surface area contributed by atoms with Gasteiger partial charge in [0.25, 0.3) is 0 Å². The van der Waals surface area contributed by atoms with Gasteiger partial charge >= 0.3 is 0 Å². The molecule has 0 amide bonds. The van der Waals surface area contributed by atoms with Gasteiger partial charge in [-0.3, -0.25) is 0 Å². The van der Waals surface area contributed by atoms with Crippen LogP contribution >= 0.6 is 0 Å². The van der Waals surface area contributed by atoms with Gasteiger partial charge in [0.2, 0.25) is 0 Å². The van der Waals surface area contributed by atoms with E-state index in [1.165, 1.54) is 19.3 Å². The van der Waals surface area contributed by atoms with Crippen LogP contribution in [0.4, 0.5) is 0 Å². The molecular weight excluding hydrogens is 184 g/mol. The molecule has 3 atom stereocenters. The third-order valence-corrected chi connectivity index (χ3v) is 3.93. The SMILES string of the molecule is CCNC1CCC(C(C)C)CC1N(C)C. The second-order valence-corrected chi connectivity index (χ2v) is 5.51. The molecule has 15 heavy (non-hydrogen) atoms. The van der Waals surface area contributed by atoms with Crippen LogP contribution in [0, 0.1) is 11.8 Å². The molecule has 0 aliphatic heterocycles. The zero-order chi connectivity index (χ0) is 11.4. The summed E-state index contributed by atoms with van der Waals surface area (Å²) in [6.45, 7) is 8.04. The van der Waals surface area contributed by atoms with Gasteiger partial charge in [-0.05, 0) is 51.7 Å². The number of nitrogens with zero attached hydrogens (tertiary/aromatic N) is 1. The Morgan fingerprint density at radius 3 is 2.40 bits per heavy atom. The van der Waals surface area contributed by atoms with E-state index in [0.29, 0.717) is 6.04 Å². The smallest absolute Gasteiger partial charge is 0.0245 e. The summed E-state index contributed by atoms with van der Waals surface area (Å²) in [6, 6.07) is 1.44. The van der Waals surface area contributed by atoms with Gasteiger partial charge in [-0.1, -0.05) is 20.8 Å². The lowest BCUT2D eigenvalue weighted by molar-refractivity contribution is 0.121. The van der Waals surface area contributed by atoms with E-state index in [9.17, 15) is 0 Å². The summed E-state index contributed by atoms with van der Waals surface area (Å²) in [7, 11) is 4.44. The van der Waals surface area contributed by atoms with Crippen LogP contribution in [0.25, 0.3) is 0 Å². The lowest BCUT2D eigenvalue weighted by atomic mass is 9.76. The van der Waals surface area contributed by atoms with Crippen LogP contribution in [-0.2, 0) is 0 Å². The van der Waals surface area contributed by atoms with Crippen LogP contribution in [0.3, 0.4) is 0 Å². The van der Waals surface area contributed by atoms with Crippen molar-refractivity contribution in [2.24, 2.45) is 11.8 Å². The summed E-state index contributed by atoms with van der Waals surface area (Å²) in [5, 5.41) is 3.63. The number of likely N-dealkylation sites (N-methyl/N-ethyl adjacent to an activating group) is 2. The molecule has 0 bridgehead atoms. The normalized spacial score (nSPS) is 32.6. The van der Waals surface area contributed by atoms with Gasteiger partial charge in [-0.15, -0.1) is 0 Å². The fourth-order valence-corrected chi connectivity index (χ4v) is 2.85. The predicted molar refractivity (Wildman–Crippen MR) is 67.1 cm³/mol. The highest BCUT2D eigenvalue weighted by atomic mass is 15.1. The van der Waals surface area contributed by atoms with Crippen LogP contribution in [0.15, 0.2) is 0 Å². The van der Waals surface area contributed by atoms with E-state index in [4.69, 9.17) is 0 Å². The zero-order valence-electron chi connectivity index (χ0n) is 11.1. The summed E-state index contributed by atoms with van der Waals surface area (Å²) in [4.78, 5) is 2.40. The van der Waals surface area contributed by atoms with Gasteiger partial charge in [-0.25, -0.2) is 0 Å². The maximum atomic E-state index is 3.63. The molecule has 0 aromatic rings. The molecule has 0 heterocycles. The van der Waals surface area contributed by atoms with Crippen LogP contribution in [-0.4, -0.2) is 37.6 Å². The second-order valence-electron chi connectivity index (χ2n) is 5.51. The molecule has 1 rings (SSSR count). The standard InChI is InChI=1S/C13H28N2/c1-6-14-12-8-7-11(10(2)3)9-13(12)15(4)5/h10-14H,6-9H2,1-5H3. The average Bonchev–Trinajstić information content (AvgIpc) is 2.18. The molecule has 90 valence electrons. The molecule has 0 aromatic carbocycles. The molecule has 1 N–H and O–H groups in total. The highest BCUT2D eigenvalue weighted by Crippen LogP contribution is 2.31. The summed E-state index contributed by atoms with van der Waals surface area (Å²) in [6.07, 6.45) is 4.11. The molecule has 0 saturated heterocycles. The minimum atomic E-state index is 0.708. The van der Waals surface area contributed by atoms with Gasteiger partial charge in [-0.2, -0.15) is 0 Å². The number of nitrogens with one attached hydrogen (secondary N) is 1. The first-order chi connectivity index (χ1) is 7.06. The van der Waals surface area contributed by atoms with Crippen molar-refractivity contribution < 1.29 is 0 Å². The highest BCUT2D eigenvalue weighted by molar-refractivity contribution is 4.90. The first-order valence-corrected chi connectivity index (χ1v) is 6.46. The van der Waals surface area contributed by atoms with Crippen molar-refractivity contribution in [3.63, 3.8) is 0 Å². The predicted octanol–water partition coefficient (Wildman–Crippen LogP) is 2.35. The minimum Gasteiger partial charge on any atom is -0.313 e. The molecular formula is C13H28N2. The lowest BCUT2D eigenvalue weighted by Crippen LogP contribution is -2.51. The molecule has 1 saturated carbocycles. The molecule has 2 heteroatoms. The van der Waals surface area contributed by atoms with E-state index in [1.54, 1.807) is 0 Å². The van der Waals surface area contributed by atoms with Crippen LogP contribution in [0.2, 0.25) is 0 Å². The van der Waals surface area contributed by atoms with E-state index in [0.717, 1.165) is 24.4 Å². The van der Waals surface area contributed by atoms with Crippen molar-refractivity contribution in [2.75, 3.05) is 20.6 Å². The Bertz CT molecular complexity index is 177. The molecule has 1 aliphatic carbocycles. The Hall–Kier alpha value is -0.0800. The van der Waals surface area contributed by atoms with Gasteiger partial charge in [0, 0.05) is 12.1 Å². The van der Waals surface area contributed by atoms with Gasteiger partial charge < -0.3 is 10.2 Å². The molecule has 0 aromatic heterocycles. The Labute approximate surface area is 95.4 Å². The van der Waals surface area contributed by atoms with Crippen molar-refractivity contribution in [1.82, 2.24) is 10.2 Å². The van der Waals surface area contributed by atoms with Crippen molar-refractivity contribution in [3.8, 4) is 0 Å². The summed E-state index contributed by atoms with van der Waals surface area (Å²) in [5.41, 5.74) is 0. The Kier molecular flexibility index (Phi) is 5.07. The van der Waals surface area contributed by atoms with Crippen molar-refractivity contribution >= 4 is 0 Å². The highest BCUT2D eigenvalue weighted by Gasteiger charge is 2.32. The third-order valence-electron chi connectivity index (χ3n) is 3.93. The van der Waals surface area contributed by atoms with Crippen LogP contribution in [0.1, 0.15) is 40.0 Å². The fourth-order valence-electron chi connectivity index (χ4n) is 2.85. The Balaban J connectivity index is 2.56. The molecule has 1 aliphatic rings. The van der Waals surface area contributed by atoms with Gasteiger partial charge in [0.05, 0.1) is 0 Å². The molecule has 1 fully saturated rings. The quantitative estimate of drug-likeness (QED) is 0.769. The third kappa shape index (κ3) is 3.46. The van der Waals surface area contributed by atoms with Crippen LogP contribution < -0.4 is 5.32 Å². The van der Waals surface area contributed by atoms with Gasteiger partial charge in [0.1, 0.15) is 0 Å². The summed E-state index contributed by atoms with van der Waals surface area (Å²) >= 11 is 0. The lowest BCUT2D eigenvalue weighted by Gasteiger charge is -2.41. The van der Waals surface area contributed by atoms with Crippen molar-refractivity contribution in [3.05, 3.63) is 0 Å². The van der Waals surface area contributed by atoms with Crippen molar-refractivity contribution in [2.45, 2.75) is 52.1 Å². The number of hydrogen-bond acceptors (Lipinski definition) is 2. The Morgan fingerprint density at radius 1 is 1.27 bits per heavy atom. The minimum absolute atomic E-state index is 0.708. The maximum Gasteiger partial charge on any atom is 0.0245 e. The molecule has 3 unspecified atom stereocenters. The van der Waals surface area contributed by atoms with Crippen LogP contribution in [0.5, 0.6) is 0 Å². The van der Waals surface area contributed by atoms with Crippen molar-refractivity contribution in [1.29, 1.82) is 0 Å². The second kappa shape index (κ2) is 5.86. The monoisotopic (exact) mass is 212 g/mol. The van der Waals surface area contributed by atoms with E-state index >= 15 is 0 Å². The number of rotatable bonds is 4. The first-order valence-electron chi connectivity index (χ1n) is 6.46. The first kappa shape index (κ1) is 13.0. The Morgan fingerprint density at radius 2 is 1.93 bits per heavy atom. The molecule has 0 radical (unpaired) electrons. The summed E-state index contributed by atoms with van der Waals surface area (Å²) in [5.74, 6) is 1.77. The summed E-state index contributed by atoms with van der Waals surface area (Å²) < 4.78 is 0. The number of hydrogen-bond donors (Lipinski definition) is 1. The molecule has 2 nitrogen and oxygen atoms in total. The largest absolute Gasteiger partial charge is 0.313 e. The van der Waals surface area contributed by atoms with Gasteiger partial charge in [0.15, 0.2) is 0 Å². The molecule has 0 spiro atoms. The van der Waals surface area contributed by atoms with E-state index < -0.39 is 0 Å². The van der Waals surface area contributed by atoms with E-state index in [1.807, 2.05) is 0 Å². The fraction of sp³-hybridized carbons (Fsp3) is 1.00.